The Morgan fingerprint density at radius 3 is 2.29 bits per heavy atom. The van der Waals surface area contributed by atoms with Gasteiger partial charge in [-0.2, -0.15) is 0 Å². The molecule has 0 radical (unpaired) electrons. The maximum absolute atomic E-state index is 11.7. The Labute approximate surface area is 125 Å². The lowest BCUT2D eigenvalue weighted by molar-refractivity contribution is 0.101. The monoisotopic (exact) mass is 284 g/mol. The third-order valence-electron chi connectivity index (χ3n) is 3.38. The summed E-state index contributed by atoms with van der Waals surface area (Å²) >= 11 is 0. The van der Waals surface area contributed by atoms with E-state index in [-0.39, 0.29) is 5.78 Å². The van der Waals surface area contributed by atoms with Gasteiger partial charge in [0.05, 0.1) is 12.7 Å². The summed E-state index contributed by atoms with van der Waals surface area (Å²) < 4.78 is 10.9. The number of hydrogen-bond donors (Lipinski definition) is 0. The minimum atomic E-state index is 0.0232. The third kappa shape index (κ3) is 3.85. The molecule has 0 atom stereocenters. The van der Waals surface area contributed by atoms with Crippen molar-refractivity contribution in [3.05, 3.63) is 59.2 Å². The van der Waals surface area contributed by atoms with Crippen LogP contribution in [0.2, 0.25) is 0 Å². The van der Waals surface area contributed by atoms with Gasteiger partial charge in [0.1, 0.15) is 18.1 Å². The number of ether oxygens (including phenoxy) is 2. The SMILES string of the molecule is CCc1ccc(OCc2ccc(OC)cc2)c(C(C)=O)c1. The van der Waals surface area contributed by atoms with E-state index in [1.54, 1.807) is 14.0 Å². The second kappa shape index (κ2) is 6.93. The zero-order chi connectivity index (χ0) is 15.2. The van der Waals surface area contributed by atoms with Crippen LogP contribution in [0.1, 0.15) is 35.3 Å². The summed E-state index contributed by atoms with van der Waals surface area (Å²) in [4.78, 5) is 11.7. The maximum Gasteiger partial charge on any atom is 0.163 e. The number of aryl methyl sites for hydroxylation is 1. The molecule has 0 unspecified atom stereocenters. The first-order valence-corrected chi connectivity index (χ1v) is 7.03. The van der Waals surface area contributed by atoms with Gasteiger partial charge in [-0.25, -0.2) is 0 Å². The summed E-state index contributed by atoms with van der Waals surface area (Å²) in [5.74, 6) is 1.47. The van der Waals surface area contributed by atoms with Crippen LogP contribution < -0.4 is 9.47 Å². The van der Waals surface area contributed by atoms with Crippen molar-refractivity contribution < 1.29 is 14.3 Å². The first-order valence-electron chi connectivity index (χ1n) is 7.03. The van der Waals surface area contributed by atoms with Gasteiger partial charge in [-0.05, 0) is 48.7 Å². The molecule has 0 aromatic heterocycles. The lowest BCUT2D eigenvalue weighted by Crippen LogP contribution is -2.02. The largest absolute Gasteiger partial charge is 0.497 e. The molecule has 0 saturated carbocycles. The standard InChI is InChI=1S/C18H20O3/c1-4-14-7-10-18(17(11-14)13(2)19)21-12-15-5-8-16(20-3)9-6-15/h5-11H,4,12H2,1-3H3. The fourth-order valence-electron chi connectivity index (χ4n) is 2.08. The van der Waals surface area contributed by atoms with Gasteiger partial charge in [0.25, 0.3) is 0 Å². The fourth-order valence-corrected chi connectivity index (χ4v) is 2.08. The van der Waals surface area contributed by atoms with Crippen molar-refractivity contribution >= 4 is 5.78 Å². The minimum absolute atomic E-state index is 0.0232. The first-order chi connectivity index (χ1) is 10.1. The van der Waals surface area contributed by atoms with Gasteiger partial charge in [0.2, 0.25) is 0 Å². The molecule has 0 N–H and O–H groups in total. The van der Waals surface area contributed by atoms with Crippen molar-refractivity contribution in [2.75, 3.05) is 7.11 Å². The molecular formula is C18H20O3. The van der Waals surface area contributed by atoms with Crippen molar-refractivity contribution in [2.24, 2.45) is 0 Å². The second-order valence-electron chi connectivity index (χ2n) is 4.88. The van der Waals surface area contributed by atoms with E-state index in [1.165, 1.54) is 0 Å². The van der Waals surface area contributed by atoms with E-state index >= 15 is 0 Å². The number of carbonyl (C=O) groups excluding carboxylic acids is 1. The average Bonchev–Trinajstić information content (AvgIpc) is 2.53. The number of rotatable bonds is 6. The van der Waals surface area contributed by atoms with Crippen LogP contribution in [-0.2, 0) is 13.0 Å². The molecule has 0 amide bonds. The molecule has 0 bridgehead atoms. The van der Waals surface area contributed by atoms with Gasteiger partial charge in [-0.1, -0.05) is 25.1 Å². The average molecular weight is 284 g/mol. The second-order valence-corrected chi connectivity index (χ2v) is 4.88. The van der Waals surface area contributed by atoms with Gasteiger partial charge >= 0.3 is 0 Å². The van der Waals surface area contributed by atoms with Gasteiger partial charge in [-0.3, -0.25) is 4.79 Å². The summed E-state index contributed by atoms with van der Waals surface area (Å²) in [6.45, 7) is 4.06. The summed E-state index contributed by atoms with van der Waals surface area (Å²) in [7, 11) is 1.64. The van der Waals surface area contributed by atoms with E-state index in [0.29, 0.717) is 17.9 Å². The van der Waals surface area contributed by atoms with Gasteiger partial charge in [0, 0.05) is 0 Å². The van der Waals surface area contributed by atoms with Crippen LogP contribution in [0.3, 0.4) is 0 Å². The van der Waals surface area contributed by atoms with E-state index in [4.69, 9.17) is 9.47 Å². The fraction of sp³-hybridized carbons (Fsp3) is 0.278. The van der Waals surface area contributed by atoms with Crippen molar-refractivity contribution in [2.45, 2.75) is 26.9 Å². The topological polar surface area (TPSA) is 35.5 Å². The van der Waals surface area contributed by atoms with Crippen LogP contribution in [0, 0.1) is 0 Å². The van der Waals surface area contributed by atoms with Gasteiger partial charge in [0.15, 0.2) is 5.78 Å². The Balaban J connectivity index is 2.13. The Morgan fingerprint density at radius 2 is 1.71 bits per heavy atom. The summed E-state index contributed by atoms with van der Waals surface area (Å²) in [6.07, 6.45) is 0.902. The predicted molar refractivity (Wildman–Crippen MR) is 83.2 cm³/mol. The highest BCUT2D eigenvalue weighted by molar-refractivity contribution is 5.97. The van der Waals surface area contributed by atoms with Crippen molar-refractivity contribution in [3.8, 4) is 11.5 Å². The van der Waals surface area contributed by atoms with Crippen molar-refractivity contribution in [1.29, 1.82) is 0 Å². The Bertz CT molecular complexity index is 615. The zero-order valence-corrected chi connectivity index (χ0v) is 12.7. The van der Waals surface area contributed by atoms with E-state index in [1.807, 2.05) is 42.5 Å². The molecule has 0 aliphatic rings. The van der Waals surface area contributed by atoms with Crippen molar-refractivity contribution in [1.82, 2.24) is 0 Å². The van der Waals surface area contributed by atoms with Crippen molar-refractivity contribution in [3.63, 3.8) is 0 Å². The molecule has 110 valence electrons. The maximum atomic E-state index is 11.7. The molecular weight excluding hydrogens is 264 g/mol. The quantitative estimate of drug-likeness (QED) is 0.751. The number of methoxy groups -OCH3 is 1. The highest BCUT2D eigenvalue weighted by atomic mass is 16.5. The molecule has 3 nitrogen and oxygen atoms in total. The highest BCUT2D eigenvalue weighted by Gasteiger charge is 2.09. The molecule has 0 fully saturated rings. The number of hydrogen-bond acceptors (Lipinski definition) is 3. The molecule has 0 saturated heterocycles. The number of ketones is 1. The van der Waals surface area contributed by atoms with Crippen LogP contribution in [0.25, 0.3) is 0 Å². The van der Waals surface area contributed by atoms with Gasteiger partial charge in [-0.15, -0.1) is 0 Å². The Kier molecular flexibility index (Phi) is 4.99. The first kappa shape index (κ1) is 15.1. The van der Waals surface area contributed by atoms with E-state index in [9.17, 15) is 4.79 Å². The smallest absolute Gasteiger partial charge is 0.163 e. The molecule has 2 aromatic carbocycles. The van der Waals surface area contributed by atoms with E-state index in [0.717, 1.165) is 23.3 Å². The highest BCUT2D eigenvalue weighted by Crippen LogP contribution is 2.23. The van der Waals surface area contributed by atoms with Crippen LogP contribution in [0.5, 0.6) is 11.5 Å². The normalized spacial score (nSPS) is 10.2. The summed E-state index contributed by atoms with van der Waals surface area (Å²) in [5.41, 5.74) is 2.81. The van der Waals surface area contributed by atoms with Gasteiger partial charge < -0.3 is 9.47 Å². The molecule has 21 heavy (non-hydrogen) atoms. The Morgan fingerprint density at radius 1 is 1.05 bits per heavy atom. The number of carbonyl (C=O) groups is 1. The lowest BCUT2D eigenvalue weighted by atomic mass is 10.1. The third-order valence-corrected chi connectivity index (χ3v) is 3.38. The lowest BCUT2D eigenvalue weighted by Gasteiger charge is -2.11. The predicted octanol–water partition coefficient (Wildman–Crippen LogP) is 4.04. The van der Waals surface area contributed by atoms with E-state index in [2.05, 4.69) is 6.92 Å². The molecule has 2 rings (SSSR count). The van der Waals surface area contributed by atoms with Crippen LogP contribution in [0.15, 0.2) is 42.5 Å². The molecule has 2 aromatic rings. The zero-order valence-electron chi connectivity index (χ0n) is 12.7. The summed E-state index contributed by atoms with van der Waals surface area (Å²) in [6, 6.07) is 13.5. The van der Waals surface area contributed by atoms with Crippen LogP contribution >= 0.6 is 0 Å². The molecule has 0 aliphatic carbocycles. The van der Waals surface area contributed by atoms with Crippen LogP contribution in [-0.4, -0.2) is 12.9 Å². The Hall–Kier alpha value is -2.29. The number of Topliss-reactive ketones (excluding diaryl/α,β-unsaturated/α-hetero) is 1. The number of benzene rings is 2. The molecule has 0 heterocycles. The summed E-state index contributed by atoms with van der Waals surface area (Å²) in [5, 5.41) is 0. The molecule has 0 aliphatic heterocycles. The minimum Gasteiger partial charge on any atom is -0.497 e. The van der Waals surface area contributed by atoms with Crippen LogP contribution in [0.4, 0.5) is 0 Å². The van der Waals surface area contributed by atoms with E-state index < -0.39 is 0 Å². The molecule has 0 spiro atoms. The molecule has 3 heteroatoms.